The van der Waals surface area contributed by atoms with Gasteiger partial charge in [-0.1, -0.05) is 31.2 Å². The zero-order valence-electron chi connectivity index (χ0n) is 16.7. The van der Waals surface area contributed by atoms with Crippen molar-refractivity contribution in [2.45, 2.75) is 27.2 Å². The number of nitrogens with one attached hydrogen (secondary N) is 1. The normalized spacial score (nSPS) is 14.1. The highest BCUT2D eigenvalue weighted by molar-refractivity contribution is 7.11. The van der Waals surface area contributed by atoms with Crippen molar-refractivity contribution in [2.75, 3.05) is 10.2 Å². The first-order valence-electron chi connectivity index (χ1n) is 9.59. The average Bonchev–Trinajstić information content (AvgIpc) is 3.32. The Morgan fingerprint density at radius 3 is 2.31 bits per heavy atom. The van der Waals surface area contributed by atoms with Crippen LogP contribution in [0.15, 0.2) is 65.7 Å². The van der Waals surface area contributed by atoms with E-state index in [0.29, 0.717) is 17.0 Å². The topological polar surface area (TPSA) is 49.4 Å². The molecule has 0 saturated carbocycles. The molecule has 0 atom stereocenters. The van der Waals surface area contributed by atoms with Gasteiger partial charge in [-0.3, -0.25) is 9.59 Å². The van der Waals surface area contributed by atoms with Gasteiger partial charge in [-0.15, -0.1) is 11.3 Å². The van der Waals surface area contributed by atoms with E-state index < -0.39 is 0 Å². The summed E-state index contributed by atoms with van der Waals surface area (Å²) in [6.07, 6.45) is 0.903. The number of aryl methyl sites for hydroxylation is 3. The smallest absolute Gasteiger partial charge is 0.282 e. The first-order valence-corrected chi connectivity index (χ1v) is 10.5. The van der Waals surface area contributed by atoms with E-state index in [0.717, 1.165) is 28.1 Å². The van der Waals surface area contributed by atoms with Crippen LogP contribution in [0.25, 0.3) is 5.57 Å². The Bertz CT molecular complexity index is 1110. The molecule has 4 rings (SSSR count). The van der Waals surface area contributed by atoms with Gasteiger partial charge < -0.3 is 5.32 Å². The van der Waals surface area contributed by atoms with Crippen LogP contribution in [0.3, 0.4) is 0 Å². The van der Waals surface area contributed by atoms with Crippen molar-refractivity contribution in [1.29, 1.82) is 0 Å². The fraction of sp³-hybridized carbons (Fsp3) is 0.167. The molecule has 0 aliphatic carbocycles. The van der Waals surface area contributed by atoms with Crippen LogP contribution >= 0.6 is 11.3 Å². The molecule has 0 bridgehead atoms. The van der Waals surface area contributed by atoms with Crippen molar-refractivity contribution in [3.8, 4) is 0 Å². The highest BCUT2D eigenvalue weighted by Gasteiger charge is 2.40. The number of rotatable bonds is 5. The average molecular weight is 403 g/mol. The number of benzene rings is 2. The standard InChI is InChI=1S/C24H22N2O2S/c1-4-17-8-11-19(12-9-17)26-23(27)21(20-6-5-13-29-20)22(24(26)28)25-18-10-7-15(2)16(3)14-18/h5-14,25H,4H2,1-3H3. The molecule has 2 heterocycles. The lowest BCUT2D eigenvalue weighted by Crippen LogP contribution is -2.32. The molecule has 1 N–H and O–H groups in total. The largest absolute Gasteiger partial charge is 0.350 e. The van der Waals surface area contributed by atoms with Crippen LogP contribution in [-0.4, -0.2) is 11.8 Å². The number of carbonyl (C=O) groups is 2. The summed E-state index contributed by atoms with van der Waals surface area (Å²) in [5, 5.41) is 5.13. The van der Waals surface area contributed by atoms with Gasteiger partial charge in [0.15, 0.2) is 0 Å². The van der Waals surface area contributed by atoms with Crippen molar-refractivity contribution in [3.63, 3.8) is 0 Å². The van der Waals surface area contributed by atoms with E-state index in [9.17, 15) is 9.59 Å². The SMILES string of the molecule is CCc1ccc(N2C(=O)C(Nc3ccc(C)c(C)c3)=C(c3cccs3)C2=O)cc1. The molecule has 2 aromatic carbocycles. The van der Waals surface area contributed by atoms with E-state index in [-0.39, 0.29) is 11.8 Å². The Kier molecular flexibility index (Phi) is 5.07. The zero-order chi connectivity index (χ0) is 20.5. The summed E-state index contributed by atoms with van der Waals surface area (Å²) in [4.78, 5) is 28.7. The lowest BCUT2D eigenvalue weighted by atomic mass is 10.1. The molecule has 1 aromatic heterocycles. The minimum atomic E-state index is -0.333. The fourth-order valence-electron chi connectivity index (χ4n) is 3.37. The quantitative estimate of drug-likeness (QED) is 0.587. The van der Waals surface area contributed by atoms with Gasteiger partial charge in [-0.25, -0.2) is 4.90 Å². The van der Waals surface area contributed by atoms with E-state index in [1.165, 1.54) is 21.8 Å². The maximum Gasteiger partial charge on any atom is 0.282 e. The van der Waals surface area contributed by atoms with Gasteiger partial charge in [-0.2, -0.15) is 0 Å². The van der Waals surface area contributed by atoms with Crippen LogP contribution in [-0.2, 0) is 16.0 Å². The predicted molar refractivity (Wildman–Crippen MR) is 119 cm³/mol. The van der Waals surface area contributed by atoms with Crippen molar-refractivity contribution >= 4 is 40.1 Å². The third-order valence-electron chi connectivity index (χ3n) is 5.23. The number of anilines is 2. The molecule has 0 fully saturated rings. The van der Waals surface area contributed by atoms with Gasteiger partial charge in [-0.05, 0) is 72.7 Å². The Morgan fingerprint density at radius 1 is 0.931 bits per heavy atom. The van der Waals surface area contributed by atoms with Crippen LogP contribution in [0.1, 0.15) is 28.5 Å². The minimum absolute atomic E-state index is 0.298. The van der Waals surface area contributed by atoms with Crippen LogP contribution in [0.2, 0.25) is 0 Å². The van der Waals surface area contributed by atoms with Crippen molar-refractivity contribution < 1.29 is 9.59 Å². The van der Waals surface area contributed by atoms with Crippen LogP contribution < -0.4 is 10.2 Å². The lowest BCUT2D eigenvalue weighted by Gasteiger charge is -2.16. The summed E-state index contributed by atoms with van der Waals surface area (Å²) in [6, 6.07) is 17.3. The number of hydrogen-bond acceptors (Lipinski definition) is 4. The van der Waals surface area contributed by atoms with Gasteiger partial charge in [0.05, 0.1) is 11.3 Å². The number of amides is 2. The Balaban J connectivity index is 1.76. The molecule has 3 aromatic rings. The molecule has 1 aliphatic rings. The maximum absolute atomic E-state index is 13.3. The molecule has 5 heteroatoms. The molecular formula is C24H22N2O2S. The fourth-order valence-corrected chi connectivity index (χ4v) is 4.14. The number of hydrogen-bond donors (Lipinski definition) is 1. The number of thiophene rings is 1. The van der Waals surface area contributed by atoms with Gasteiger partial charge in [0.2, 0.25) is 0 Å². The summed E-state index contributed by atoms with van der Waals surface area (Å²) in [7, 11) is 0. The van der Waals surface area contributed by atoms with Gasteiger partial charge >= 0.3 is 0 Å². The number of nitrogens with zero attached hydrogens (tertiary/aromatic N) is 1. The summed E-state index contributed by atoms with van der Waals surface area (Å²) in [6.45, 7) is 6.14. The zero-order valence-corrected chi connectivity index (χ0v) is 17.5. The second-order valence-electron chi connectivity index (χ2n) is 7.12. The third kappa shape index (κ3) is 3.49. The number of carbonyl (C=O) groups excluding carboxylic acids is 2. The molecule has 1 aliphatic heterocycles. The molecule has 0 radical (unpaired) electrons. The molecule has 29 heavy (non-hydrogen) atoms. The van der Waals surface area contributed by atoms with Crippen molar-refractivity contribution in [1.82, 2.24) is 0 Å². The summed E-state index contributed by atoms with van der Waals surface area (Å²) in [5.74, 6) is -0.631. The first kappa shape index (κ1) is 19.2. The summed E-state index contributed by atoms with van der Waals surface area (Å²) >= 11 is 1.45. The molecule has 4 nitrogen and oxygen atoms in total. The predicted octanol–water partition coefficient (Wildman–Crippen LogP) is 5.32. The summed E-state index contributed by atoms with van der Waals surface area (Å²) < 4.78 is 0. The van der Waals surface area contributed by atoms with Gasteiger partial charge in [0, 0.05) is 10.6 Å². The van der Waals surface area contributed by atoms with Crippen LogP contribution in [0.5, 0.6) is 0 Å². The molecule has 2 amide bonds. The molecule has 0 saturated heterocycles. The van der Waals surface area contributed by atoms with E-state index in [1.54, 1.807) is 0 Å². The Hall–Kier alpha value is -3.18. The van der Waals surface area contributed by atoms with Crippen molar-refractivity contribution in [3.05, 3.63) is 87.2 Å². The minimum Gasteiger partial charge on any atom is -0.350 e. The molecular weight excluding hydrogens is 380 g/mol. The van der Waals surface area contributed by atoms with E-state index in [2.05, 4.69) is 12.2 Å². The van der Waals surface area contributed by atoms with Gasteiger partial charge in [0.25, 0.3) is 11.8 Å². The molecule has 0 spiro atoms. The molecule has 0 unspecified atom stereocenters. The van der Waals surface area contributed by atoms with E-state index in [4.69, 9.17) is 0 Å². The lowest BCUT2D eigenvalue weighted by molar-refractivity contribution is -0.120. The second kappa shape index (κ2) is 7.68. The summed E-state index contributed by atoms with van der Waals surface area (Å²) in [5.41, 5.74) is 5.58. The van der Waals surface area contributed by atoms with Crippen molar-refractivity contribution in [2.24, 2.45) is 0 Å². The van der Waals surface area contributed by atoms with Gasteiger partial charge in [0.1, 0.15) is 5.70 Å². The van der Waals surface area contributed by atoms with E-state index in [1.807, 2.05) is 73.8 Å². The third-order valence-corrected chi connectivity index (χ3v) is 6.12. The Labute approximate surface area is 174 Å². The first-order chi connectivity index (χ1) is 14.0. The van der Waals surface area contributed by atoms with Crippen LogP contribution in [0.4, 0.5) is 11.4 Å². The van der Waals surface area contributed by atoms with E-state index >= 15 is 0 Å². The maximum atomic E-state index is 13.3. The number of imide groups is 1. The highest BCUT2D eigenvalue weighted by atomic mass is 32.1. The Morgan fingerprint density at radius 2 is 1.69 bits per heavy atom. The van der Waals surface area contributed by atoms with Crippen LogP contribution in [0, 0.1) is 13.8 Å². The molecule has 146 valence electrons. The monoisotopic (exact) mass is 402 g/mol. The highest BCUT2D eigenvalue weighted by Crippen LogP contribution is 2.35. The second-order valence-corrected chi connectivity index (χ2v) is 8.06.